The fourth-order valence-corrected chi connectivity index (χ4v) is 2.01. The molecule has 0 radical (unpaired) electrons. The molecule has 1 atom stereocenters. The van der Waals surface area contributed by atoms with Crippen LogP contribution in [0.25, 0.3) is 0 Å². The molecule has 1 unspecified atom stereocenters. The van der Waals surface area contributed by atoms with Crippen molar-refractivity contribution >= 4 is 27.5 Å². The van der Waals surface area contributed by atoms with Gasteiger partial charge in [-0.2, -0.15) is 0 Å². The lowest BCUT2D eigenvalue weighted by Crippen LogP contribution is -2.33. The van der Waals surface area contributed by atoms with Crippen LogP contribution in [0, 0.1) is 5.82 Å². The highest BCUT2D eigenvalue weighted by Crippen LogP contribution is 2.22. The maximum absolute atomic E-state index is 13.1. The number of carbonyl (C=O) groups excluding carboxylic acids is 1. The number of hydrogen-bond donors (Lipinski definition) is 3. The van der Waals surface area contributed by atoms with Crippen LogP contribution in [0.2, 0.25) is 0 Å². The number of aliphatic hydroxyl groups is 1. The Morgan fingerprint density at radius 1 is 1.61 bits per heavy atom. The number of halogens is 2. The van der Waals surface area contributed by atoms with Crippen LogP contribution in [0.3, 0.4) is 0 Å². The maximum atomic E-state index is 13.1. The Morgan fingerprint density at radius 3 is 2.89 bits per heavy atom. The van der Waals surface area contributed by atoms with Gasteiger partial charge >= 0.3 is 0 Å². The third-order valence-corrected chi connectivity index (χ3v) is 3.16. The second-order valence-corrected chi connectivity index (χ2v) is 4.95. The molecule has 6 heteroatoms. The summed E-state index contributed by atoms with van der Waals surface area (Å²) in [6, 6.07) is 2.40. The molecule has 1 amide bonds. The first-order valence-electron chi connectivity index (χ1n) is 5.62. The zero-order valence-electron chi connectivity index (χ0n) is 10.0. The molecule has 0 fully saturated rings. The molecule has 0 aliphatic carbocycles. The number of amides is 1. The van der Waals surface area contributed by atoms with Gasteiger partial charge in [-0.1, -0.05) is 0 Å². The zero-order chi connectivity index (χ0) is 13.7. The SMILES string of the molecule is CC(CCCO)NC(=O)c1cc(N)c(F)cc1Br. The molecule has 1 aromatic carbocycles. The molecule has 0 bridgehead atoms. The highest BCUT2D eigenvalue weighted by molar-refractivity contribution is 9.10. The lowest BCUT2D eigenvalue weighted by molar-refractivity contribution is 0.0935. The number of nitrogen functional groups attached to an aromatic ring is 1. The quantitative estimate of drug-likeness (QED) is 0.727. The molecule has 1 aromatic rings. The standard InChI is InChI=1S/C12H16BrFN2O2/c1-7(3-2-4-17)16-12(18)8-5-11(15)10(14)6-9(8)13/h5-7,17H,2-4,15H2,1H3,(H,16,18). The first-order chi connectivity index (χ1) is 8.45. The molecule has 0 aromatic heterocycles. The van der Waals surface area contributed by atoms with Crippen LogP contribution in [-0.2, 0) is 0 Å². The summed E-state index contributed by atoms with van der Waals surface area (Å²) in [4.78, 5) is 11.9. The number of nitrogens with two attached hydrogens (primary N) is 1. The molecular formula is C12H16BrFN2O2. The highest BCUT2D eigenvalue weighted by Gasteiger charge is 2.15. The molecule has 1 rings (SSSR count). The van der Waals surface area contributed by atoms with Crippen LogP contribution in [0.1, 0.15) is 30.1 Å². The molecule has 18 heavy (non-hydrogen) atoms. The van der Waals surface area contributed by atoms with Gasteiger partial charge in [-0.25, -0.2) is 4.39 Å². The number of benzene rings is 1. The molecule has 4 N–H and O–H groups in total. The van der Waals surface area contributed by atoms with E-state index in [2.05, 4.69) is 21.2 Å². The van der Waals surface area contributed by atoms with Gasteiger partial charge in [0.15, 0.2) is 0 Å². The monoisotopic (exact) mass is 318 g/mol. The van der Waals surface area contributed by atoms with Crippen LogP contribution >= 0.6 is 15.9 Å². The summed E-state index contributed by atoms with van der Waals surface area (Å²) in [6.45, 7) is 1.93. The van der Waals surface area contributed by atoms with Gasteiger partial charge < -0.3 is 16.2 Å². The third-order valence-electron chi connectivity index (χ3n) is 2.50. The van der Waals surface area contributed by atoms with Crippen molar-refractivity contribution in [2.24, 2.45) is 0 Å². The van der Waals surface area contributed by atoms with Crippen LogP contribution in [0.15, 0.2) is 16.6 Å². The van der Waals surface area contributed by atoms with Crippen molar-refractivity contribution in [2.75, 3.05) is 12.3 Å². The van der Waals surface area contributed by atoms with E-state index in [4.69, 9.17) is 10.8 Å². The van der Waals surface area contributed by atoms with E-state index in [9.17, 15) is 9.18 Å². The van der Waals surface area contributed by atoms with Gasteiger partial charge in [0.25, 0.3) is 5.91 Å². The predicted octanol–water partition coefficient (Wildman–Crippen LogP) is 2.06. The van der Waals surface area contributed by atoms with E-state index < -0.39 is 5.82 Å². The maximum Gasteiger partial charge on any atom is 0.252 e. The van der Waals surface area contributed by atoms with Crippen LogP contribution < -0.4 is 11.1 Å². The van der Waals surface area contributed by atoms with E-state index in [1.54, 1.807) is 0 Å². The van der Waals surface area contributed by atoms with Crippen molar-refractivity contribution in [2.45, 2.75) is 25.8 Å². The van der Waals surface area contributed by atoms with Gasteiger partial charge in [0.2, 0.25) is 0 Å². The van der Waals surface area contributed by atoms with Crippen molar-refractivity contribution in [1.82, 2.24) is 5.32 Å². The lowest BCUT2D eigenvalue weighted by atomic mass is 10.1. The minimum Gasteiger partial charge on any atom is -0.396 e. The van der Waals surface area contributed by atoms with Crippen molar-refractivity contribution in [3.63, 3.8) is 0 Å². The van der Waals surface area contributed by atoms with E-state index in [0.29, 0.717) is 22.9 Å². The highest BCUT2D eigenvalue weighted by atomic mass is 79.9. The summed E-state index contributed by atoms with van der Waals surface area (Å²) in [6.07, 6.45) is 1.30. The zero-order valence-corrected chi connectivity index (χ0v) is 11.6. The van der Waals surface area contributed by atoms with Gasteiger partial charge in [0.05, 0.1) is 11.3 Å². The lowest BCUT2D eigenvalue weighted by Gasteiger charge is -2.14. The fraction of sp³-hybridized carbons (Fsp3) is 0.417. The second-order valence-electron chi connectivity index (χ2n) is 4.09. The van der Waals surface area contributed by atoms with Gasteiger partial charge in [0.1, 0.15) is 5.82 Å². The Bertz CT molecular complexity index is 440. The molecule has 0 spiro atoms. The smallest absolute Gasteiger partial charge is 0.252 e. The number of anilines is 1. The van der Waals surface area contributed by atoms with Crippen molar-refractivity contribution in [1.29, 1.82) is 0 Å². The predicted molar refractivity (Wildman–Crippen MR) is 71.8 cm³/mol. The summed E-state index contributed by atoms with van der Waals surface area (Å²) in [5, 5.41) is 11.5. The normalized spacial score (nSPS) is 12.2. The second kappa shape index (κ2) is 6.70. The number of rotatable bonds is 5. The number of aliphatic hydroxyl groups excluding tert-OH is 1. The number of carbonyl (C=O) groups is 1. The third kappa shape index (κ3) is 3.96. The summed E-state index contributed by atoms with van der Waals surface area (Å²) in [5.41, 5.74) is 5.66. The summed E-state index contributed by atoms with van der Waals surface area (Å²) < 4.78 is 13.5. The number of nitrogens with one attached hydrogen (secondary N) is 1. The molecule has 0 heterocycles. The van der Waals surface area contributed by atoms with Gasteiger partial charge in [0, 0.05) is 17.1 Å². The van der Waals surface area contributed by atoms with Crippen LogP contribution in [-0.4, -0.2) is 23.7 Å². The molecule has 0 aliphatic heterocycles. The summed E-state index contributed by atoms with van der Waals surface area (Å²) in [5.74, 6) is -0.884. The molecular weight excluding hydrogens is 303 g/mol. The molecule has 0 aliphatic rings. The van der Waals surface area contributed by atoms with E-state index in [-0.39, 0.29) is 24.2 Å². The van der Waals surface area contributed by atoms with Gasteiger partial charge in [-0.15, -0.1) is 0 Å². The molecule has 4 nitrogen and oxygen atoms in total. The van der Waals surface area contributed by atoms with Crippen LogP contribution in [0.4, 0.5) is 10.1 Å². The number of hydrogen-bond acceptors (Lipinski definition) is 3. The Hall–Kier alpha value is -1.14. The van der Waals surface area contributed by atoms with Gasteiger partial charge in [-0.05, 0) is 47.8 Å². The first-order valence-corrected chi connectivity index (χ1v) is 6.41. The average Bonchev–Trinajstić information content (AvgIpc) is 2.31. The van der Waals surface area contributed by atoms with Gasteiger partial charge in [-0.3, -0.25) is 4.79 Å². The first kappa shape index (κ1) is 14.9. The average molecular weight is 319 g/mol. The van der Waals surface area contributed by atoms with E-state index in [1.165, 1.54) is 12.1 Å². The fourth-order valence-electron chi connectivity index (χ4n) is 1.51. The van der Waals surface area contributed by atoms with Crippen LogP contribution in [0.5, 0.6) is 0 Å². The topological polar surface area (TPSA) is 75.3 Å². The largest absolute Gasteiger partial charge is 0.396 e. The summed E-state index contributed by atoms with van der Waals surface area (Å²) >= 11 is 3.13. The Balaban J connectivity index is 2.75. The molecule has 0 saturated carbocycles. The minimum absolute atomic E-state index is 0.0636. The Morgan fingerprint density at radius 2 is 2.28 bits per heavy atom. The van der Waals surface area contributed by atoms with Crippen molar-refractivity contribution in [3.8, 4) is 0 Å². The van der Waals surface area contributed by atoms with E-state index in [1.807, 2.05) is 6.92 Å². The molecule has 0 saturated heterocycles. The van der Waals surface area contributed by atoms with Crippen molar-refractivity contribution < 1.29 is 14.3 Å². The van der Waals surface area contributed by atoms with Crippen molar-refractivity contribution in [3.05, 3.63) is 28.0 Å². The minimum atomic E-state index is -0.563. The Kier molecular flexibility index (Phi) is 5.55. The summed E-state index contributed by atoms with van der Waals surface area (Å²) in [7, 11) is 0. The Labute approximate surface area is 113 Å². The van der Waals surface area contributed by atoms with E-state index >= 15 is 0 Å². The van der Waals surface area contributed by atoms with E-state index in [0.717, 1.165) is 0 Å². The molecule has 100 valence electrons.